The number of benzene rings is 1. The Morgan fingerprint density at radius 1 is 1.50 bits per heavy atom. The van der Waals surface area contributed by atoms with Gasteiger partial charge in [-0.3, -0.25) is 4.79 Å². The molecule has 1 aromatic heterocycles. The van der Waals surface area contributed by atoms with E-state index in [1.807, 2.05) is 18.2 Å². The molecule has 1 fully saturated rings. The number of amides is 1. The SMILES string of the molecule is O=C(NC1CCNC1)c1cc2cccc(Br)c2o1. The van der Waals surface area contributed by atoms with E-state index in [1.165, 1.54) is 0 Å². The number of nitrogens with one attached hydrogen (secondary N) is 2. The van der Waals surface area contributed by atoms with E-state index < -0.39 is 0 Å². The number of hydrogen-bond donors (Lipinski definition) is 2. The van der Waals surface area contributed by atoms with Crippen LogP contribution in [-0.4, -0.2) is 25.0 Å². The van der Waals surface area contributed by atoms with Gasteiger partial charge in [0.15, 0.2) is 5.76 Å². The highest BCUT2D eigenvalue weighted by Crippen LogP contribution is 2.26. The van der Waals surface area contributed by atoms with Crippen LogP contribution in [0.2, 0.25) is 0 Å². The topological polar surface area (TPSA) is 54.3 Å². The van der Waals surface area contributed by atoms with Gasteiger partial charge in [0, 0.05) is 18.0 Å². The second-order valence-electron chi connectivity index (χ2n) is 4.43. The van der Waals surface area contributed by atoms with Gasteiger partial charge >= 0.3 is 0 Å². The van der Waals surface area contributed by atoms with E-state index >= 15 is 0 Å². The van der Waals surface area contributed by atoms with Crippen molar-refractivity contribution in [2.75, 3.05) is 13.1 Å². The number of furan rings is 1. The van der Waals surface area contributed by atoms with Crippen LogP contribution in [-0.2, 0) is 0 Å². The predicted octanol–water partition coefficient (Wildman–Crippen LogP) is 2.29. The van der Waals surface area contributed by atoms with E-state index in [1.54, 1.807) is 6.07 Å². The van der Waals surface area contributed by atoms with Crippen LogP contribution in [0.5, 0.6) is 0 Å². The molecule has 1 aliphatic heterocycles. The van der Waals surface area contributed by atoms with Gasteiger partial charge in [-0.2, -0.15) is 0 Å². The Morgan fingerprint density at radius 2 is 2.39 bits per heavy atom. The molecule has 2 aromatic rings. The Kier molecular flexibility index (Phi) is 3.09. The molecule has 1 amide bonds. The van der Waals surface area contributed by atoms with Crippen molar-refractivity contribution in [3.05, 3.63) is 34.5 Å². The summed E-state index contributed by atoms with van der Waals surface area (Å²) in [6, 6.07) is 7.72. The van der Waals surface area contributed by atoms with Gasteiger partial charge in [-0.05, 0) is 41.0 Å². The molecule has 1 aliphatic rings. The maximum Gasteiger partial charge on any atom is 0.287 e. The number of carbonyl (C=O) groups is 1. The Labute approximate surface area is 113 Å². The molecule has 4 nitrogen and oxygen atoms in total. The normalized spacial score (nSPS) is 19.3. The first-order valence-electron chi connectivity index (χ1n) is 5.94. The van der Waals surface area contributed by atoms with E-state index in [2.05, 4.69) is 26.6 Å². The highest BCUT2D eigenvalue weighted by molar-refractivity contribution is 9.10. The summed E-state index contributed by atoms with van der Waals surface area (Å²) in [5.41, 5.74) is 0.715. The van der Waals surface area contributed by atoms with Gasteiger partial charge in [-0.15, -0.1) is 0 Å². The summed E-state index contributed by atoms with van der Waals surface area (Å²) < 4.78 is 6.45. The fourth-order valence-electron chi connectivity index (χ4n) is 2.17. The maximum atomic E-state index is 12.0. The molecule has 5 heteroatoms. The zero-order valence-electron chi connectivity index (χ0n) is 9.70. The summed E-state index contributed by atoms with van der Waals surface area (Å²) in [4.78, 5) is 12.0. The average Bonchev–Trinajstić information content (AvgIpc) is 2.97. The van der Waals surface area contributed by atoms with Gasteiger partial charge in [0.2, 0.25) is 0 Å². The van der Waals surface area contributed by atoms with Crippen LogP contribution in [0.4, 0.5) is 0 Å². The molecule has 18 heavy (non-hydrogen) atoms. The summed E-state index contributed by atoms with van der Waals surface area (Å²) in [5.74, 6) is 0.218. The molecule has 2 N–H and O–H groups in total. The molecule has 0 bridgehead atoms. The summed E-state index contributed by atoms with van der Waals surface area (Å²) >= 11 is 3.41. The first kappa shape index (κ1) is 11.7. The van der Waals surface area contributed by atoms with Crippen molar-refractivity contribution in [3.8, 4) is 0 Å². The number of rotatable bonds is 2. The lowest BCUT2D eigenvalue weighted by atomic mass is 10.2. The Morgan fingerprint density at radius 3 is 3.11 bits per heavy atom. The molecule has 3 rings (SSSR count). The Bertz CT molecular complexity index is 588. The van der Waals surface area contributed by atoms with Crippen molar-refractivity contribution in [1.82, 2.24) is 10.6 Å². The fourth-order valence-corrected chi connectivity index (χ4v) is 2.64. The van der Waals surface area contributed by atoms with Gasteiger partial charge in [-0.25, -0.2) is 0 Å². The lowest BCUT2D eigenvalue weighted by molar-refractivity contribution is 0.0914. The van der Waals surface area contributed by atoms with Gasteiger partial charge < -0.3 is 15.1 Å². The zero-order chi connectivity index (χ0) is 12.5. The third-order valence-electron chi connectivity index (χ3n) is 3.12. The number of halogens is 1. The minimum absolute atomic E-state index is 0.146. The number of hydrogen-bond acceptors (Lipinski definition) is 3. The minimum Gasteiger partial charge on any atom is -0.450 e. The standard InChI is InChI=1S/C13H13BrN2O2/c14-10-3-1-2-8-6-11(18-12(8)10)13(17)16-9-4-5-15-7-9/h1-3,6,9,15H,4-5,7H2,(H,16,17). The van der Waals surface area contributed by atoms with Crippen LogP contribution >= 0.6 is 15.9 Å². The van der Waals surface area contributed by atoms with Crippen molar-refractivity contribution < 1.29 is 9.21 Å². The first-order valence-corrected chi connectivity index (χ1v) is 6.73. The monoisotopic (exact) mass is 308 g/mol. The van der Waals surface area contributed by atoms with Crippen molar-refractivity contribution in [1.29, 1.82) is 0 Å². The van der Waals surface area contributed by atoms with Crippen molar-refractivity contribution in [2.24, 2.45) is 0 Å². The predicted molar refractivity (Wildman–Crippen MR) is 72.7 cm³/mol. The average molecular weight is 309 g/mol. The number of para-hydroxylation sites is 1. The Balaban J connectivity index is 1.85. The highest BCUT2D eigenvalue weighted by atomic mass is 79.9. The van der Waals surface area contributed by atoms with E-state index in [4.69, 9.17) is 4.42 Å². The molecule has 1 saturated heterocycles. The minimum atomic E-state index is -0.146. The second kappa shape index (κ2) is 4.74. The first-order chi connectivity index (χ1) is 8.74. The molecular formula is C13H13BrN2O2. The smallest absolute Gasteiger partial charge is 0.287 e. The molecule has 0 radical (unpaired) electrons. The van der Waals surface area contributed by atoms with Crippen molar-refractivity contribution in [3.63, 3.8) is 0 Å². The maximum absolute atomic E-state index is 12.0. The molecule has 2 heterocycles. The third kappa shape index (κ3) is 2.15. The number of carbonyl (C=O) groups excluding carboxylic acids is 1. The van der Waals surface area contributed by atoms with Crippen LogP contribution in [0.1, 0.15) is 17.0 Å². The largest absolute Gasteiger partial charge is 0.450 e. The number of fused-ring (bicyclic) bond motifs is 1. The van der Waals surface area contributed by atoms with Gasteiger partial charge in [-0.1, -0.05) is 12.1 Å². The lowest BCUT2D eigenvalue weighted by Crippen LogP contribution is -2.35. The third-order valence-corrected chi connectivity index (χ3v) is 3.74. The highest BCUT2D eigenvalue weighted by Gasteiger charge is 2.20. The molecular weight excluding hydrogens is 296 g/mol. The van der Waals surface area contributed by atoms with Crippen molar-refractivity contribution in [2.45, 2.75) is 12.5 Å². The van der Waals surface area contributed by atoms with Crippen LogP contribution in [0.3, 0.4) is 0 Å². The lowest BCUT2D eigenvalue weighted by Gasteiger charge is -2.08. The molecule has 1 aromatic carbocycles. The van der Waals surface area contributed by atoms with E-state index in [0.717, 1.165) is 29.4 Å². The summed E-state index contributed by atoms with van der Waals surface area (Å²) in [6.45, 7) is 1.78. The zero-order valence-corrected chi connectivity index (χ0v) is 11.3. The van der Waals surface area contributed by atoms with Crippen LogP contribution in [0.25, 0.3) is 11.0 Å². The molecule has 0 spiro atoms. The molecule has 0 aliphatic carbocycles. The van der Waals surface area contributed by atoms with Crippen LogP contribution in [0, 0.1) is 0 Å². The summed E-state index contributed by atoms with van der Waals surface area (Å²) in [6.07, 6.45) is 0.968. The molecule has 0 saturated carbocycles. The van der Waals surface area contributed by atoms with Crippen LogP contribution in [0.15, 0.2) is 33.2 Å². The van der Waals surface area contributed by atoms with E-state index in [0.29, 0.717) is 11.3 Å². The second-order valence-corrected chi connectivity index (χ2v) is 5.29. The van der Waals surface area contributed by atoms with Crippen molar-refractivity contribution >= 4 is 32.8 Å². The van der Waals surface area contributed by atoms with E-state index in [9.17, 15) is 4.79 Å². The van der Waals surface area contributed by atoms with Crippen LogP contribution < -0.4 is 10.6 Å². The summed E-state index contributed by atoms with van der Waals surface area (Å²) in [5, 5.41) is 7.11. The van der Waals surface area contributed by atoms with Gasteiger partial charge in [0.1, 0.15) is 5.58 Å². The van der Waals surface area contributed by atoms with E-state index in [-0.39, 0.29) is 11.9 Å². The quantitative estimate of drug-likeness (QED) is 0.895. The fraction of sp³-hybridized carbons (Fsp3) is 0.308. The summed E-state index contributed by atoms with van der Waals surface area (Å²) in [7, 11) is 0. The molecule has 1 unspecified atom stereocenters. The molecule has 1 atom stereocenters. The Hall–Kier alpha value is -1.33. The van der Waals surface area contributed by atoms with Gasteiger partial charge in [0.25, 0.3) is 5.91 Å². The van der Waals surface area contributed by atoms with Gasteiger partial charge in [0.05, 0.1) is 4.47 Å². The molecule has 94 valence electrons.